The summed E-state index contributed by atoms with van der Waals surface area (Å²) in [6.07, 6.45) is 10.0. The molecule has 3 aromatic carbocycles. The van der Waals surface area contributed by atoms with Crippen LogP contribution >= 0.6 is 0 Å². The summed E-state index contributed by atoms with van der Waals surface area (Å²) in [7, 11) is 0. The smallest absolute Gasteiger partial charge is 0.343 e. The zero-order valence-electron chi connectivity index (χ0n) is 22.1. The highest BCUT2D eigenvalue weighted by Gasteiger charge is 2.63. The van der Waals surface area contributed by atoms with Gasteiger partial charge in [0.15, 0.2) is 0 Å². The van der Waals surface area contributed by atoms with Crippen molar-refractivity contribution in [2.45, 2.75) is 74.8 Å². The van der Waals surface area contributed by atoms with E-state index in [-0.39, 0.29) is 17.4 Å². The third-order valence-corrected chi connectivity index (χ3v) is 10.2. The molecule has 0 spiro atoms. The van der Waals surface area contributed by atoms with Gasteiger partial charge in [0, 0.05) is 18.0 Å². The summed E-state index contributed by atoms with van der Waals surface area (Å²) in [6, 6.07) is 24.2. The molecule has 1 saturated heterocycles. The lowest BCUT2D eigenvalue weighted by molar-refractivity contribution is -0.169. The molecule has 4 aliphatic rings. The first-order valence-corrected chi connectivity index (χ1v) is 14.5. The second-order valence-electron chi connectivity index (χ2n) is 12.1. The number of likely N-dealkylation sites (tertiary alicyclic amines) is 1. The molecule has 38 heavy (non-hydrogen) atoms. The molecule has 1 aliphatic heterocycles. The van der Waals surface area contributed by atoms with Crippen LogP contribution in [0.3, 0.4) is 0 Å². The molecule has 3 atom stereocenters. The minimum absolute atomic E-state index is 0.196. The van der Waals surface area contributed by atoms with E-state index in [4.69, 9.17) is 4.74 Å². The maximum atomic E-state index is 13.1. The SMILES string of the molecule is O=C(Oc1ccc2c(c1)[C@@]13CCCC[C@@]1(O)[C@@H](C2)N(CC1CCC1)CC3)c1ccc(-c2ccccc2)cc1. The Morgan fingerprint density at radius 2 is 1.66 bits per heavy atom. The van der Waals surface area contributed by atoms with E-state index in [0.29, 0.717) is 11.3 Å². The summed E-state index contributed by atoms with van der Waals surface area (Å²) in [6.45, 7) is 2.19. The molecule has 3 fully saturated rings. The first-order chi connectivity index (χ1) is 18.6. The van der Waals surface area contributed by atoms with E-state index < -0.39 is 5.60 Å². The average molecular weight is 508 g/mol. The summed E-state index contributed by atoms with van der Waals surface area (Å²) in [5.74, 6) is 1.04. The van der Waals surface area contributed by atoms with Crippen molar-refractivity contribution in [2.24, 2.45) is 5.92 Å². The Bertz CT molecular complexity index is 1330. The molecule has 0 unspecified atom stereocenters. The third kappa shape index (κ3) is 3.84. The molecule has 3 aliphatic carbocycles. The molecule has 4 heteroatoms. The standard InChI is InChI=1S/C34H37NO3/c36-32(27-13-11-26(12-14-27)25-9-2-1-3-10-25)38-29-16-15-28-21-31-34(37)18-5-4-17-33(34,30(28)22-29)19-20-35(31)23-24-7-6-8-24/h1-3,9-16,22,24,31,37H,4-8,17-21,23H2/t31-,33+,34-/m1/s1. The number of fused-ring (bicyclic) bond motifs is 1. The maximum Gasteiger partial charge on any atom is 0.343 e. The molecule has 0 aromatic heterocycles. The first kappa shape index (κ1) is 24.1. The van der Waals surface area contributed by atoms with E-state index in [9.17, 15) is 9.90 Å². The van der Waals surface area contributed by atoms with E-state index in [1.807, 2.05) is 48.5 Å². The highest BCUT2D eigenvalue weighted by atomic mass is 16.5. The van der Waals surface area contributed by atoms with E-state index in [1.54, 1.807) is 0 Å². The van der Waals surface area contributed by atoms with Gasteiger partial charge in [-0.05, 0) is 97.5 Å². The second-order valence-corrected chi connectivity index (χ2v) is 12.1. The lowest BCUT2D eigenvalue weighted by Gasteiger charge is -2.64. The predicted molar refractivity (Wildman–Crippen MR) is 149 cm³/mol. The van der Waals surface area contributed by atoms with Gasteiger partial charge < -0.3 is 9.84 Å². The van der Waals surface area contributed by atoms with E-state index in [2.05, 4.69) is 29.2 Å². The molecular weight excluding hydrogens is 470 g/mol. The van der Waals surface area contributed by atoms with E-state index in [1.165, 1.54) is 30.4 Å². The minimum Gasteiger partial charge on any atom is -0.423 e. The number of rotatable bonds is 5. The molecule has 7 rings (SSSR count). The summed E-state index contributed by atoms with van der Waals surface area (Å²) in [5.41, 5.74) is 4.35. The van der Waals surface area contributed by atoms with Gasteiger partial charge in [0.2, 0.25) is 0 Å². The normalized spacial score (nSPS) is 28.6. The third-order valence-electron chi connectivity index (χ3n) is 10.2. The van der Waals surface area contributed by atoms with Crippen LogP contribution in [0.25, 0.3) is 11.1 Å². The molecular formula is C34H37NO3. The Balaban J connectivity index is 1.15. The van der Waals surface area contributed by atoms with E-state index >= 15 is 0 Å². The van der Waals surface area contributed by atoms with Crippen LogP contribution in [-0.2, 0) is 11.8 Å². The number of ether oxygens (including phenoxy) is 1. The molecule has 4 nitrogen and oxygen atoms in total. The van der Waals surface area contributed by atoms with Gasteiger partial charge in [0.1, 0.15) is 5.75 Å². The van der Waals surface area contributed by atoms with Crippen molar-refractivity contribution < 1.29 is 14.6 Å². The van der Waals surface area contributed by atoms with Crippen molar-refractivity contribution in [2.75, 3.05) is 13.1 Å². The Morgan fingerprint density at radius 3 is 2.42 bits per heavy atom. The number of benzene rings is 3. The number of esters is 1. The van der Waals surface area contributed by atoms with Crippen molar-refractivity contribution in [3.63, 3.8) is 0 Å². The maximum absolute atomic E-state index is 13.1. The van der Waals surface area contributed by atoms with Crippen molar-refractivity contribution in [3.05, 3.63) is 89.5 Å². The van der Waals surface area contributed by atoms with Gasteiger partial charge in [0.05, 0.1) is 11.2 Å². The van der Waals surface area contributed by atoms with Crippen molar-refractivity contribution >= 4 is 5.97 Å². The lowest BCUT2D eigenvalue weighted by Crippen LogP contribution is -2.72. The summed E-state index contributed by atoms with van der Waals surface area (Å²) < 4.78 is 5.92. The molecule has 1 heterocycles. The highest BCUT2D eigenvalue weighted by Crippen LogP contribution is 2.58. The van der Waals surface area contributed by atoms with Gasteiger partial charge >= 0.3 is 5.97 Å². The van der Waals surface area contributed by atoms with Gasteiger partial charge in [-0.25, -0.2) is 4.79 Å². The van der Waals surface area contributed by atoms with Crippen LogP contribution in [0, 0.1) is 5.92 Å². The molecule has 3 aromatic rings. The van der Waals surface area contributed by atoms with Crippen LogP contribution in [0.2, 0.25) is 0 Å². The fourth-order valence-electron chi connectivity index (χ4n) is 7.97. The molecule has 0 radical (unpaired) electrons. The number of carbonyl (C=O) groups is 1. The van der Waals surface area contributed by atoms with Crippen molar-refractivity contribution in [3.8, 4) is 16.9 Å². The molecule has 196 valence electrons. The second kappa shape index (κ2) is 9.36. The monoisotopic (exact) mass is 507 g/mol. The van der Waals surface area contributed by atoms with Gasteiger partial charge in [0.25, 0.3) is 0 Å². The quantitative estimate of drug-likeness (QED) is 0.314. The Labute approximate surface area is 225 Å². The fraction of sp³-hybridized carbons (Fsp3) is 0.441. The lowest BCUT2D eigenvalue weighted by atomic mass is 9.49. The Kier molecular flexibility index (Phi) is 5.94. The average Bonchev–Trinajstić information content (AvgIpc) is 2.92. The fourth-order valence-corrected chi connectivity index (χ4v) is 7.97. The largest absolute Gasteiger partial charge is 0.423 e. The molecule has 1 N–H and O–H groups in total. The number of carbonyl (C=O) groups excluding carboxylic acids is 1. The van der Waals surface area contributed by atoms with Crippen LogP contribution in [-0.4, -0.2) is 40.7 Å². The molecule has 2 saturated carbocycles. The number of hydrogen-bond acceptors (Lipinski definition) is 4. The molecule has 2 bridgehead atoms. The van der Waals surface area contributed by atoms with Gasteiger partial charge in [-0.1, -0.05) is 67.8 Å². The van der Waals surface area contributed by atoms with Crippen LogP contribution in [0.5, 0.6) is 5.75 Å². The number of piperidine rings is 1. The van der Waals surface area contributed by atoms with Crippen LogP contribution in [0.1, 0.15) is 72.9 Å². The van der Waals surface area contributed by atoms with Crippen molar-refractivity contribution in [1.29, 1.82) is 0 Å². The zero-order valence-corrected chi connectivity index (χ0v) is 22.1. The van der Waals surface area contributed by atoms with E-state index in [0.717, 1.165) is 68.7 Å². The van der Waals surface area contributed by atoms with Gasteiger partial charge in [-0.3, -0.25) is 4.90 Å². The van der Waals surface area contributed by atoms with Crippen LogP contribution in [0.15, 0.2) is 72.8 Å². The van der Waals surface area contributed by atoms with Gasteiger partial charge in [-0.15, -0.1) is 0 Å². The highest BCUT2D eigenvalue weighted by molar-refractivity contribution is 5.91. The van der Waals surface area contributed by atoms with Crippen molar-refractivity contribution in [1.82, 2.24) is 4.90 Å². The topological polar surface area (TPSA) is 49.8 Å². The van der Waals surface area contributed by atoms with Crippen LogP contribution < -0.4 is 4.74 Å². The number of hydrogen-bond donors (Lipinski definition) is 1. The van der Waals surface area contributed by atoms with Crippen LogP contribution in [0.4, 0.5) is 0 Å². The minimum atomic E-state index is -0.698. The Morgan fingerprint density at radius 1 is 0.895 bits per heavy atom. The van der Waals surface area contributed by atoms with Gasteiger partial charge in [-0.2, -0.15) is 0 Å². The molecule has 0 amide bonds. The summed E-state index contributed by atoms with van der Waals surface area (Å²) in [5, 5.41) is 12.4. The number of aliphatic hydroxyl groups is 1. The zero-order chi connectivity index (χ0) is 25.7. The summed E-state index contributed by atoms with van der Waals surface area (Å²) >= 11 is 0. The number of nitrogens with zero attached hydrogens (tertiary/aromatic N) is 1. The predicted octanol–water partition coefficient (Wildman–Crippen LogP) is 6.55. The Hall–Kier alpha value is -2.95. The first-order valence-electron chi connectivity index (χ1n) is 14.5. The summed E-state index contributed by atoms with van der Waals surface area (Å²) in [4.78, 5) is 15.7.